The van der Waals surface area contributed by atoms with Crippen molar-refractivity contribution in [3.63, 3.8) is 0 Å². The molecule has 8 nitrogen and oxygen atoms in total. The van der Waals surface area contributed by atoms with Crippen LogP contribution in [0.3, 0.4) is 0 Å². The van der Waals surface area contributed by atoms with Gasteiger partial charge in [-0.15, -0.1) is 13.2 Å². The lowest BCUT2D eigenvalue weighted by molar-refractivity contribution is -0.141. The Morgan fingerprint density at radius 1 is 1.11 bits per heavy atom. The first kappa shape index (κ1) is 27.3. The first-order valence-corrected chi connectivity index (χ1v) is 13.5. The quantitative estimate of drug-likeness (QED) is 0.292. The van der Waals surface area contributed by atoms with E-state index >= 15 is 0 Å². The molecule has 190 valence electrons. The monoisotopic (exact) mass is 527 g/mol. The van der Waals surface area contributed by atoms with Crippen molar-refractivity contribution in [3.8, 4) is 0 Å². The van der Waals surface area contributed by atoms with Crippen molar-refractivity contribution in [2.45, 2.75) is 31.2 Å². The number of fused-ring (bicyclic) bond motifs is 1. The number of benzene rings is 2. The van der Waals surface area contributed by atoms with Crippen LogP contribution in [0.25, 0.3) is 10.2 Å². The number of thiazole rings is 1. The average Bonchev–Trinajstić information content (AvgIpc) is 3.19. The summed E-state index contributed by atoms with van der Waals surface area (Å²) in [6.45, 7) is 11.5. The molecule has 10 heteroatoms. The van der Waals surface area contributed by atoms with Gasteiger partial charge < -0.3 is 9.30 Å². The molecule has 0 spiro atoms. The highest BCUT2D eigenvalue weighted by Gasteiger charge is 2.22. The number of hydrogen-bond acceptors (Lipinski definition) is 6. The Morgan fingerprint density at radius 2 is 1.75 bits per heavy atom. The molecule has 0 aliphatic rings. The maximum absolute atomic E-state index is 13.0. The van der Waals surface area contributed by atoms with E-state index in [9.17, 15) is 18.0 Å². The molecule has 0 aliphatic carbocycles. The molecule has 1 amide bonds. The van der Waals surface area contributed by atoms with Crippen molar-refractivity contribution < 1.29 is 22.7 Å². The molecule has 0 atom stereocenters. The second kappa shape index (κ2) is 11.6. The Balaban J connectivity index is 2.01. The highest BCUT2D eigenvalue weighted by molar-refractivity contribution is 7.89. The molecule has 3 aromatic rings. The zero-order valence-corrected chi connectivity index (χ0v) is 22.1. The van der Waals surface area contributed by atoms with E-state index in [2.05, 4.69) is 32.0 Å². The van der Waals surface area contributed by atoms with Crippen LogP contribution in [-0.2, 0) is 26.1 Å². The minimum Gasteiger partial charge on any atom is -0.468 e. The van der Waals surface area contributed by atoms with Crippen molar-refractivity contribution in [2.24, 2.45) is 4.99 Å². The molecule has 0 saturated carbocycles. The number of carbonyl (C=O) groups is 2. The van der Waals surface area contributed by atoms with Gasteiger partial charge in [0.15, 0.2) is 4.80 Å². The van der Waals surface area contributed by atoms with E-state index < -0.39 is 21.9 Å². The van der Waals surface area contributed by atoms with Gasteiger partial charge in [0.05, 0.1) is 22.2 Å². The van der Waals surface area contributed by atoms with Gasteiger partial charge in [-0.05, 0) is 47.9 Å². The van der Waals surface area contributed by atoms with Gasteiger partial charge in [-0.1, -0.05) is 43.4 Å². The molecule has 2 aromatic carbocycles. The maximum atomic E-state index is 13.0. The normalized spacial score (nSPS) is 12.3. The van der Waals surface area contributed by atoms with E-state index in [-0.39, 0.29) is 30.1 Å². The van der Waals surface area contributed by atoms with Gasteiger partial charge in [-0.25, -0.2) is 8.42 Å². The molecule has 0 radical (unpaired) electrons. The van der Waals surface area contributed by atoms with Crippen LogP contribution < -0.4 is 4.80 Å². The Bertz CT molecular complexity index is 1460. The molecule has 0 bridgehead atoms. The Morgan fingerprint density at radius 3 is 2.31 bits per heavy atom. The fourth-order valence-electron chi connectivity index (χ4n) is 3.51. The van der Waals surface area contributed by atoms with E-state index in [4.69, 9.17) is 4.74 Å². The summed E-state index contributed by atoms with van der Waals surface area (Å²) in [6, 6.07) is 11.5. The van der Waals surface area contributed by atoms with Crippen LogP contribution in [0, 0.1) is 0 Å². The highest BCUT2D eigenvalue weighted by atomic mass is 32.2. The number of aromatic nitrogens is 1. The third kappa shape index (κ3) is 5.89. The van der Waals surface area contributed by atoms with Crippen LogP contribution in [-0.4, -0.2) is 49.4 Å². The van der Waals surface area contributed by atoms with E-state index in [1.54, 1.807) is 4.57 Å². The summed E-state index contributed by atoms with van der Waals surface area (Å²) in [7, 11) is -2.48. The number of sulfonamides is 1. The SMILES string of the molecule is C=CCN(CC=C)S(=O)(=O)c1ccc(C(=O)N=c2sc3cc(C(C)C)ccc3n2CC(=O)OC)cc1. The van der Waals surface area contributed by atoms with Gasteiger partial charge in [0.1, 0.15) is 6.54 Å². The lowest BCUT2D eigenvalue weighted by Crippen LogP contribution is -2.31. The number of carbonyl (C=O) groups excluding carboxylic acids is 2. The zero-order chi connectivity index (χ0) is 26.5. The Kier molecular flexibility index (Phi) is 8.78. The second-order valence-corrected chi connectivity index (χ2v) is 11.2. The van der Waals surface area contributed by atoms with Crippen LogP contribution in [0.4, 0.5) is 0 Å². The smallest absolute Gasteiger partial charge is 0.325 e. The van der Waals surface area contributed by atoms with E-state index in [1.165, 1.54) is 59.2 Å². The molecule has 0 aliphatic heterocycles. The molecule has 0 unspecified atom stereocenters. The summed E-state index contributed by atoms with van der Waals surface area (Å²) in [5, 5.41) is 0. The van der Waals surface area contributed by atoms with Crippen molar-refractivity contribution in [3.05, 3.63) is 83.7 Å². The molecule has 0 saturated heterocycles. The lowest BCUT2D eigenvalue weighted by atomic mass is 10.0. The van der Waals surface area contributed by atoms with Crippen molar-refractivity contribution in [1.29, 1.82) is 0 Å². The number of esters is 1. The van der Waals surface area contributed by atoms with Crippen LogP contribution >= 0.6 is 11.3 Å². The fourth-order valence-corrected chi connectivity index (χ4v) is 5.97. The van der Waals surface area contributed by atoms with Gasteiger partial charge in [0.2, 0.25) is 10.0 Å². The van der Waals surface area contributed by atoms with Crippen LogP contribution in [0.15, 0.2) is 77.7 Å². The van der Waals surface area contributed by atoms with Crippen molar-refractivity contribution in [2.75, 3.05) is 20.2 Å². The molecule has 1 aromatic heterocycles. The summed E-state index contributed by atoms with van der Waals surface area (Å²) in [6.07, 6.45) is 2.99. The molecule has 36 heavy (non-hydrogen) atoms. The Labute approximate surface area is 214 Å². The molecule has 0 N–H and O–H groups in total. The molecular formula is C26H29N3O5S2. The number of methoxy groups -OCH3 is 1. The molecule has 3 rings (SSSR count). The standard InChI is InChI=1S/C26H29N3O5S2/c1-6-14-28(15-7-2)36(32,33)21-11-8-19(9-12-21)25(31)27-26-29(17-24(30)34-5)22-13-10-20(18(3)4)16-23(22)35-26/h6-13,16,18H,1-2,14-15,17H2,3-5H3. The second-order valence-electron chi connectivity index (χ2n) is 8.27. The van der Waals surface area contributed by atoms with Gasteiger partial charge in [0.25, 0.3) is 5.91 Å². The van der Waals surface area contributed by atoms with Crippen LogP contribution in [0.2, 0.25) is 0 Å². The van der Waals surface area contributed by atoms with E-state index in [1.807, 2.05) is 18.2 Å². The minimum absolute atomic E-state index is 0.0478. The third-order valence-corrected chi connectivity index (χ3v) is 8.38. The average molecular weight is 528 g/mol. The first-order valence-electron chi connectivity index (χ1n) is 11.2. The van der Waals surface area contributed by atoms with Gasteiger partial charge in [-0.2, -0.15) is 9.30 Å². The summed E-state index contributed by atoms with van der Waals surface area (Å²) in [5.74, 6) is -0.701. The topological polar surface area (TPSA) is 98.0 Å². The Hall–Kier alpha value is -3.34. The lowest BCUT2D eigenvalue weighted by Gasteiger charge is -2.19. The van der Waals surface area contributed by atoms with Crippen LogP contribution in [0.5, 0.6) is 0 Å². The van der Waals surface area contributed by atoms with Crippen LogP contribution in [0.1, 0.15) is 35.7 Å². The van der Waals surface area contributed by atoms with Crippen molar-refractivity contribution >= 4 is 43.5 Å². The predicted molar refractivity (Wildman–Crippen MR) is 141 cm³/mol. The molecule has 0 fully saturated rings. The summed E-state index contributed by atoms with van der Waals surface area (Å²) < 4.78 is 34.4. The molecule has 1 heterocycles. The number of nitrogens with zero attached hydrogens (tertiary/aromatic N) is 3. The van der Waals surface area contributed by atoms with E-state index in [0.717, 1.165) is 15.8 Å². The zero-order valence-electron chi connectivity index (χ0n) is 20.5. The summed E-state index contributed by atoms with van der Waals surface area (Å²) in [5.41, 5.74) is 2.12. The highest BCUT2D eigenvalue weighted by Crippen LogP contribution is 2.24. The number of amides is 1. The van der Waals surface area contributed by atoms with E-state index in [0.29, 0.717) is 10.7 Å². The van der Waals surface area contributed by atoms with Crippen molar-refractivity contribution in [1.82, 2.24) is 8.87 Å². The third-order valence-electron chi connectivity index (χ3n) is 5.49. The maximum Gasteiger partial charge on any atom is 0.325 e. The number of ether oxygens (including phenoxy) is 1. The van der Waals surface area contributed by atoms with Gasteiger partial charge in [-0.3, -0.25) is 9.59 Å². The van der Waals surface area contributed by atoms with Gasteiger partial charge >= 0.3 is 5.97 Å². The molecular weight excluding hydrogens is 498 g/mol. The fraction of sp³-hybridized carbons (Fsp3) is 0.269. The summed E-state index contributed by atoms with van der Waals surface area (Å²) in [4.78, 5) is 29.7. The largest absolute Gasteiger partial charge is 0.468 e. The summed E-state index contributed by atoms with van der Waals surface area (Å²) >= 11 is 1.30. The number of hydrogen-bond donors (Lipinski definition) is 0. The first-order chi connectivity index (χ1) is 17.1. The van der Waals surface area contributed by atoms with Gasteiger partial charge in [0, 0.05) is 18.7 Å². The number of rotatable bonds is 10. The predicted octanol–water partition coefficient (Wildman–Crippen LogP) is 4.10. The minimum atomic E-state index is -3.78.